The summed E-state index contributed by atoms with van der Waals surface area (Å²) in [4.78, 5) is 0. The molecule has 29 heavy (non-hydrogen) atoms. The quantitative estimate of drug-likeness (QED) is 0.273. The number of aromatic amines is 2. The summed E-state index contributed by atoms with van der Waals surface area (Å²) in [5.74, 6) is 0. The molecule has 0 radical (unpaired) electrons. The molecule has 2 heterocycles. The summed E-state index contributed by atoms with van der Waals surface area (Å²) in [6.45, 7) is 0. The Morgan fingerprint density at radius 1 is 0.517 bits per heavy atom. The number of nitrogens with zero attached hydrogens (tertiary/aromatic N) is 2. The minimum absolute atomic E-state index is 0. The topological polar surface area (TPSA) is 57.4 Å². The third kappa shape index (κ3) is 6.43. The molecule has 0 bridgehead atoms. The SMILES string of the molecule is Cl.Clc1cc(Cl)cc(-c2[nH]ncc2Cl)c1.Clc1cc(Cl)cc(-c2[nH]ncc2Cl)c1. The van der Waals surface area contributed by atoms with Crippen molar-refractivity contribution in [1.82, 2.24) is 20.4 Å². The van der Waals surface area contributed by atoms with Gasteiger partial charge in [-0.05, 0) is 36.4 Å². The van der Waals surface area contributed by atoms with Crippen molar-refractivity contribution in [3.63, 3.8) is 0 Å². The number of hydrogen-bond donors (Lipinski definition) is 2. The average molecular weight is 531 g/mol. The summed E-state index contributed by atoms with van der Waals surface area (Å²) in [5.41, 5.74) is 3.09. The van der Waals surface area contributed by atoms with E-state index in [2.05, 4.69) is 20.4 Å². The van der Waals surface area contributed by atoms with Crippen molar-refractivity contribution in [1.29, 1.82) is 0 Å². The van der Waals surface area contributed by atoms with E-state index < -0.39 is 0 Å². The first-order valence-electron chi connectivity index (χ1n) is 7.64. The van der Waals surface area contributed by atoms with Gasteiger partial charge in [-0.25, -0.2) is 0 Å². The number of aromatic nitrogens is 4. The van der Waals surface area contributed by atoms with E-state index in [1.165, 1.54) is 12.4 Å². The predicted octanol–water partition coefficient (Wildman–Crippen LogP) is 8.50. The Hall–Kier alpha value is -1.11. The molecule has 11 heteroatoms. The first kappa shape index (κ1) is 24.2. The lowest BCUT2D eigenvalue weighted by atomic mass is 10.1. The van der Waals surface area contributed by atoms with Crippen LogP contribution in [0.4, 0.5) is 0 Å². The molecule has 0 spiro atoms. The Morgan fingerprint density at radius 2 is 0.828 bits per heavy atom. The second-order valence-electron chi connectivity index (χ2n) is 5.50. The molecular formula is C18H11Cl7N4. The lowest BCUT2D eigenvalue weighted by Gasteiger charge is -2.00. The second-order valence-corrected chi connectivity index (χ2v) is 8.06. The van der Waals surface area contributed by atoms with Crippen LogP contribution < -0.4 is 0 Å². The van der Waals surface area contributed by atoms with Gasteiger partial charge in [0.25, 0.3) is 0 Å². The van der Waals surface area contributed by atoms with Crippen molar-refractivity contribution in [2.75, 3.05) is 0 Å². The predicted molar refractivity (Wildman–Crippen MR) is 125 cm³/mol. The van der Waals surface area contributed by atoms with Gasteiger partial charge in [-0.2, -0.15) is 10.2 Å². The zero-order valence-electron chi connectivity index (χ0n) is 14.2. The number of H-pyrrole nitrogens is 2. The fourth-order valence-corrected chi connectivity index (χ4v) is 3.80. The summed E-state index contributed by atoms with van der Waals surface area (Å²) in [7, 11) is 0. The van der Waals surface area contributed by atoms with Gasteiger partial charge in [0.05, 0.1) is 33.8 Å². The van der Waals surface area contributed by atoms with E-state index in [1.807, 2.05) is 0 Å². The van der Waals surface area contributed by atoms with E-state index in [-0.39, 0.29) is 12.4 Å². The minimum Gasteiger partial charge on any atom is -0.276 e. The van der Waals surface area contributed by atoms with Crippen molar-refractivity contribution in [2.45, 2.75) is 0 Å². The maximum atomic E-state index is 5.90. The van der Waals surface area contributed by atoms with Gasteiger partial charge in [-0.3, -0.25) is 10.2 Å². The highest BCUT2D eigenvalue weighted by Gasteiger charge is 2.08. The Morgan fingerprint density at radius 3 is 1.07 bits per heavy atom. The third-order valence-electron chi connectivity index (χ3n) is 3.49. The number of rotatable bonds is 2. The molecule has 152 valence electrons. The molecule has 0 saturated carbocycles. The van der Waals surface area contributed by atoms with Gasteiger partial charge in [0.15, 0.2) is 0 Å². The molecule has 0 unspecified atom stereocenters. The Labute approximate surface area is 202 Å². The van der Waals surface area contributed by atoms with Crippen LogP contribution in [0.15, 0.2) is 48.8 Å². The van der Waals surface area contributed by atoms with Crippen LogP contribution in [-0.2, 0) is 0 Å². The van der Waals surface area contributed by atoms with Gasteiger partial charge in [0.2, 0.25) is 0 Å². The molecule has 0 saturated heterocycles. The lowest BCUT2D eigenvalue weighted by Crippen LogP contribution is -1.79. The molecule has 2 aromatic heterocycles. The van der Waals surface area contributed by atoms with Crippen LogP contribution in [0.2, 0.25) is 30.1 Å². The number of halogens is 7. The van der Waals surface area contributed by atoms with Gasteiger partial charge in [0, 0.05) is 31.2 Å². The van der Waals surface area contributed by atoms with Crippen molar-refractivity contribution < 1.29 is 0 Å². The van der Waals surface area contributed by atoms with Crippen LogP contribution >= 0.6 is 82.0 Å². The summed E-state index contributed by atoms with van der Waals surface area (Å²) in [6.07, 6.45) is 3.07. The zero-order valence-corrected chi connectivity index (χ0v) is 19.5. The van der Waals surface area contributed by atoms with Crippen molar-refractivity contribution in [3.8, 4) is 22.5 Å². The van der Waals surface area contributed by atoms with E-state index in [9.17, 15) is 0 Å². The summed E-state index contributed by atoms with van der Waals surface area (Å²) in [6, 6.07) is 10.4. The second kappa shape index (κ2) is 10.8. The minimum atomic E-state index is 0. The monoisotopic (exact) mass is 528 g/mol. The van der Waals surface area contributed by atoms with Gasteiger partial charge in [0.1, 0.15) is 0 Å². The number of benzene rings is 2. The summed E-state index contributed by atoms with van der Waals surface area (Å²) >= 11 is 35.2. The molecule has 0 fully saturated rings. The fourth-order valence-electron chi connectivity index (χ4n) is 2.34. The molecule has 0 aliphatic rings. The average Bonchev–Trinajstić information content (AvgIpc) is 3.22. The number of hydrogen-bond acceptors (Lipinski definition) is 2. The highest BCUT2D eigenvalue weighted by Crippen LogP contribution is 2.31. The maximum absolute atomic E-state index is 5.90. The molecule has 4 aromatic rings. The van der Waals surface area contributed by atoms with Crippen LogP contribution in [-0.4, -0.2) is 20.4 Å². The molecule has 4 rings (SSSR count). The van der Waals surface area contributed by atoms with Gasteiger partial charge in [-0.1, -0.05) is 69.6 Å². The lowest BCUT2D eigenvalue weighted by molar-refractivity contribution is 1.10. The zero-order chi connectivity index (χ0) is 20.3. The smallest absolute Gasteiger partial charge is 0.0862 e. The van der Waals surface area contributed by atoms with Gasteiger partial charge in [-0.15, -0.1) is 12.4 Å². The normalized spacial score (nSPS) is 10.1. The van der Waals surface area contributed by atoms with E-state index in [0.717, 1.165) is 22.5 Å². The largest absolute Gasteiger partial charge is 0.276 e. The van der Waals surface area contributed by atoms with Crippen LogP contribution in [0.5, 0.6) is 0 Å². The summed E-state index contributed by atoms with van der Waals surface area (Å²) in [5, 5.41) is 16.5. The van der Waals surface area contributed by atoms with E-state index in [0.29, 0.717) is 30.1 Å². The molecule has 2 N–H and O–H groups in total. The fraction of sp³-hybridized carbons (Fsp3) is 0. The van der Waals surface area contributed by atoms with Gasteiger partial charge >= 0.3 is 0 Å². The highest BCUT2D eigenvalue weighted by molar-refractivity contribution is 6.36. The molecule has 0 aliphatic heterocycles. The Kier molecular flexibility index (Phi) is 8.98. The van der Waals surface area contributed by atoms with Crippen molar-refractivity contribution >= 4 is 82.0 Å². The van der Waals surface area contributed by atoms with Crippen LogP contribution in [0.25, 0.3) is 22.5 Å². The first-order chi connectivity index (χ1) is 13.3. The van der Waals surface area contributed by atoms with Crippen LogP contribution in [0.3, 0.4) is 0 Å². The molecular weight excluding hydrogens is 520 g/mol. The van der Waals surface area contributed by atoms with Crippen molar-refractivity contribution in [2.24, 2.45) is 0 Å². The molecule has 4 nitrogen and oxygen atoms in total. The highest BCUT2D eigenvalue weighted by atomic mass is 35.5. The molecule has 0 atom stereocenters. The standard InChI is InChI=1S/2C9H5Cl3N2.ClH/c2*10-6-1-5(2-7(11)3-6)9-8(12)4-13-14-9;/h2*1-4H,(H,13,14);1H. The Balaban J connectivity index is 0.000000200. The third-order valence-corrected chi connectivity index (χ3v) is 4.93. The number of nitrogens with one attached hydrogen (secondary N) is 2. The van der Waals surface area contributed by atoms with E-state index in [1.54, 1.807) is 36.4 Å². The molecule has 0 aliphatic carbocycles. The van der Waals surface area contributed by atoms with Crippen LogP contribution in [0, 0.1) is 0 Å². The van der Waals surface area contributed by atoms with Crippen molar-refractivity contribution in [3.05, 3.63) is 78.9 Å². The Bertz CT molecular complexity index is 979. The first-order valence-corrected chi connectivity index (χ1v) is 9.91. The molecule has 2 aromatic carbocycles. The molecule has 0 amide bonds. The summed E-state index contributed by atoms with van der Waals surface area (Å²) < 4.78 is 0. The van der Waals surface area contributed by atoms with E-state index >= 15 is 0 Å². The maximum Gasteiger partial charge on any atom is 0.0862 e. The van der Waals surface area contributed by atoms with Gasteiger partial charge < -0.3 is 0 Å². The van der Waals surface area contributed by atoms with Crippen LogP contribution in [0.1, 0.15) is 0 Å². The van der Waals surface area contributed by atoms with E-state index in [4.69, 9.17) is 69.6 Å².